The van der Waals surface area contributed by atoms with Gasteiger partial charge in [0.1, 0.15) is 5.75 Å². The SMILES string of the molecule is COC(=O)c1ccccc1NC(=O)CN1CCN(c2ccc(O)cc2)CC1. The number of hydrogen-bond donors (Lipinski definition) is 2. The lowest BCUT2D eigenvalue weighted by Crippen LogP contribution is -2.48. The largest absolute Gasteiger partial charge is 0.508 e. The molecule has 0 saturated carbocycles. The summed E-state index contributed by atoms with van der Waals surface area (Å²) in [5.41, 5.74) is 1.85. The van der Waals surface area contributed by atoms with Crippen LogP contribution < -0.4 is 10.2 Å². The fourth-order valence-electron chi connectivity index (χ4n) is 3.10. The molecule has 1 fully saturated rings. The summed E-state index contributed by atoms with van der Waals surface area (Å²) in [5.74, 6) is -0.390. The topological polar surface area (TPSA) is 82.1 Å². The van der Waals surface area contributed by atoms with Gasteiger partial charge in [-0.3, -0.25) is 9.69 Å². The van der Waals surface area contributed by atoms with Crippen LogP contribution in [0.25, 0.3) is 0 Å². The Hall–Kier alpha value is -3.06. The first-order chi connectivity index (χ1) is 13.1. The number of phenols is 1. The summed E-state index contributed by atoms with van der Waals surface area (Å²) in [6.45, 7) is 3.38. The Balaban J connectivity index is 1.53. The molecule has 142 valence electrons. The lowest BCUT2D eigenvalue weighted by molar-refractivity contribution is -0.117. The standard InChI is InChI=1S/C20H23N3O4/c1-27-20(26)17-4-2-3-5-18(17)21-19(25)14-22-10-12-23(13-11-22)15-6-8-16(24)9-7-15/h2-9,24H,10-14H2,1H3,(H,21,25). The van der Waals surface area contributed by atoms with Crippen molar-refractivity contribution in [2.24, 2.45) is 0 Å². The van der Waals surface area contributed by atoms with E-state index in [1.165, 1.54) is 7.11 Å². The number of phenolic OH excluding ortho intramolecular Hbond substituents is 1. The number of rotatable bonds is 5. The number of benzene rings is 2. The van der Waals surface area contributed by atoms with E-state index in [4.69, 9.17) is 4.74 Å². The van der Waals surface area contributed by atoms with Crippen LogP contribution in [-0.4, -0.2) is 61.7 Å². The van der Waals surface area contributed by atoms with Crippen LogP contribution in [0.3, 0.4) is 0 Å². The molecule has 27 heavy (non-hydrogen) atoms. The lowest BCUT2D eigenvalue weighted by atomic mass is 10.2. The van der Waals surface area contributed by atoms with Gasteiger partial charge in [-0.05, 0) is 36.4 Å². The highest BCUT2D eigenvalue weighted by molar-refractivity contribution is 6.01. The number of aromatic hydroxyl groups is 1. The maximum atomic E-state index is 12.4. The minimum Gasteiger partial charge on any atom is -0.508 e. The van der Waals surface area contributed by atoms with Gasteiger partial charge in [0.05, 0.1) is 24.9 Å². The zero-order valence-electron chi connectivity index (χ0n) is 15.2. The fourth-order valence-corrected chi connectivity index (χ4v) is 3.10. The number of hydrogen-bond acceptors (Lipinski definition) is 6. The molecule has 1 heterocycles. The second-order valence-corrected chi connectivity index (χ2v) is 6.36. The summed E-state index contributed by atoms with van der Waals surface area (Å²) in [6, 6.07) is 13.9. The summed E-state index contributed by atoms with van der Waals surface area (Å²) in [4.78, 5) is 28.5. The molecule has 7 heteroatoms. The van der Waals surface area contributed by atoms with E-state index in [1.807, 2.05) is 12.1 Å². The van der Waals surface area contributed by atoms with Crippen molar-refractivity contribution < 1.29 is 19.4 Å². The molecule has 2 aromatic rings. The van der Waals surface area contributed by atoms with Gasteiger partial charge in [0.2, 0.25) is 5.91 Å². The highest BCUT2D eigenvalue weighted by atomic mass is 16.5. The molecule has 1 aliphatic rings. The molecule has 3 rings (SSSR count). The van der Waals surface area contributed by atoms with Crippen molar-refractivity contribution in [1.82, 2.24) is 4.90 Å². The number of methoxy groups -OCH3 is 1. The van der Waals surface area contributed by atoms with Gasteiger partial charge in [-0.15, -0.1) is 0 Å². The number of ether oxygens (including phenoxy) is 1. The molecule has 2 aromatic carbocycles. The second-order valence-electron chi connectivity index (χ2n) is 6.36. The Morgan fingerprint density at radius 3 is 2.37 bits per heavy atom. The molecule has 0 bridgehead atoms. The van der Waals surface area contributed by atoms with E-state index >= 15 is 0 Å². The number of anilines is 2. The minimum absolute atomic E-state index is 0.163. The quantitative estimate of drug-likeness (QED) is 0.784. The van der Waals surface area contributed by atoms with Crippen LogP contribution in [-0.2, 0) is 9.53 Å². The molecule has 0 aromatic heterocycles. The van der Waals surface area contributed by atoms with Crippen molar-refractivity contribution in [1.29, 1.82) is 0 Å². The van der Waals surface area contributed by atoms with Gasteiger partial charge in [-0.1, -0.05) is 12.1 Å². The first kappa shape index (κ1) is 18.7. The van der Waals surface area contributed by atoms with E-state index in [-0.39, 0.29) is 18.2 Å². The smallest absolute Gasteiger partial charge is 0.339 e. The zero-order chi connectivity index (χ0) is 19.2. The highest BCUT2D eigenvalue weighted by Gasteiger charge is 2.20. The second kappa shape index (κ2) is 8.55. The van der Waals surface area contributed by atoms with Gasteiger partial charge in [-0.2, -0.15) is 0 Å². The molecule has 0 unspecified atom stereocenters. The number of amides is 1. The Morgan fingerprint density at radius 1 is 1.04 bits per heavy atom. The average molecular weight is 369 g/mol. The summed E-state index contributed by atoms with van der Waals surface area (Å²) < 4.78 is 4.75. The van der Waals surface area contributed by atoms with Crippen molar-refractivity contribution >= 4 is 23.3 Å². The maximum absolute atomic E-state index is 12.4. The molecule has 1 amide bonds. The molecule has 2 N–H and O–H groups in total. The lowest BCUT2D eigenvalue weighted by Gasteiger charge is -2.35. The van der Waals surface area contributed by atoms with Crippen molar-refractivity contribution in [2.75, 3.05) is 50.1 Å². The predicted molar refractivity (Wildman–Crippen MR) is 103 cm³/mol. The molecule has 7 nitrogen and oxygen atoms in total. The molecule has 0 radical (unpaired) electrons. The van der Waals surface area contributed by atoms with Crippen LogP contribution in [0.15, 0.2) is 48.5 Å². The van der Waals surface area contributed by atoms with E-state index in [0.717, 1.165) is 31.9 Å². The number of carbonyl (C=O) groups excluding carboxylic acids is 2. The van der Waals surface area contributed by atoms with Gasteiger partial charge in [0.15, 0.2) is 0 Å². The molecule has 0 aliphatic carbocycles. The fraction of sp³-hybridized carbons (Fsp3) is 0.300. The normalized spacial score (nSPS) is 14.6. The summed E-state index contributed by atoms with van der Waals surface area (Å²) in [6.07, 6.45) is 0. The van der Waals surface area contributed by atoms with Gasteiger partial charge in [0.25, 0.3) is 0 Å². The summed E-state index contributed by atoms with van der Waals surface area (Å²) in [7, 11) is 1.31. The van der Waals surface area contributed by atoms with E-state index in [2.05, 4.69) is 15.1 Å². The predicted octanol–water partition coefficient (Wildman–Crippen LogP) is 1.94. The monoisotopic (exact) mass is 369 g/mol. The summed E-state index contributed by atoms with van der Waals surface area (Å²) >= 11 is 0. The van der Waals surface area contributed by atoms with Gasteiger partial charge in [0, 0.05) is 31.9 Å². The van der Waals surface area contributed by atoms with Gasteiger partial charge >= 0.3 is 5.97 Å². The molecule has 1 saturated heterocycles. The van der Waals surface area contributed by atoms with Crippen LogP contribution in [0, 0.1) is 0 Å². The number of para-hydroxylation sites is 1. The molecular formula is C20H23N3O4. The Morgan fingerprint density at radius 2 is 1.70 bits per heavy atom. The van der Waals surface area contributed by atoms with E-state index < -0.39 is 5.97 Å². The van der Waals surface area contributed by atoms with Crippen LogP contribution in [0.4, 0.5) is 11.4 Å². The van der Waals surface area contributed by atoms with Crippen molar-refractivity contribution in [3.05, 3.63) is 54.1 Å². The van der Waals surface area contributed by atoms with Crippen LogP contribution in [0.1, 0.15) is 10.4 Å². The van der Waals surface area contributed by atoms with Crippen molar-refractivity contribution in [3.63, 3.8) is 0 Å². The third kappa shape index (κ3) is 4.77. The summed E-state index contributed by atoms with van der Waals surface area (Å²) in [5, 5.41) is 12.2. The Bertz CT molecular complexity index is 799. The number of piperazine rings is 1. The first-order valence-corrected chi connectivity index (χ1v) is 8.80. The van der Waals surface area contributed by atoms with Crippen LogP contribution >= 0.6 is 0 Å². The van der Waals surface area contributed by atoms with Gasteiger partial charge < -0.3 is 20.1 Å². The molecule has 0 atom stereocenters. The Labute approximate surface area is 158 Å². The highest BCUT2D eigenvalue weighted by Crippen LogP contribution is 2.20. The van der Waals surface area contributed by atoms with Crippen LogP contribution in [0.5, 0.6) is 5.75 Å². The molecule has 1 aliphatic heterocycles. The van der Waals surface area contributed by atoms with Crippen molar-refractivity contribution in [2.45, 2.75) is 0 Å². The third-order valence-electron chi connectivity index (χ3n) is 4.56. The van der Waals surface area contributed by atoms with E-state index in [9.17, 15) is 14.7 Å². The maximum Gasteiger partial charge on any atom is 0.339 e. The number of nitrogens with one attached hydrogen (secondary N) is 1. The molecular weight excluding hydrogens is 346 g/mol. The average Bonchev–Trinajstić information content (AvgIpc) is 2.69. The van der Waals surface area contributed by atoms with Gasteiger partial charge in [-0.25, -0.2) is 4.79 Å². The molecule has 0 spiro atoms. The number of nitrogens with zero attached hydrogens (tertiary/aromatic N) is 2. The zero-order valence-corrected chi connectivity index (χ0v) is 15.2. The number of esters is 1. The first-order valence-electron chi connectivity index (χ1n) is 8.80. The van der Waals surface area contributed by atoms with Crippen LogP contribution in [0.2, 0.25) is 0 Å². The Kier molecular flexibility index (Phi) is 5.93. The van der Waals surface area contributed by atoms with E-state index in [0.29, 0.717) is 11.3 Å². The van der Waals surface area contributed by atoms with Crippen molar-refractivity contribution in [3.8, 4) is 5.75 Å². The third-order valence-corrected chi connectivity index (χ3v) is 4.56. The minimum atomic E-state index is -0.478. The number of carbonyl (C=O) groups is 2. The van der Waals surface area contributed by atoms with E-state index in [1.54, 1.807) is 36.4 Å².